The molecule has 2 aromatic heterocycles. The van der Waals surface area contributed by atoms with Crippen molar-refractivity contribution in [1.29, 1.82) is 0 Å². The quantitative estimate of drug-likeness (QED) is 0.168. The maximum Gasteiger partial charge on any atom is 0.326 e. The van der Waals surface area contributed by atoms with Gasteiger partial charge >= 0.3 is 5.97 Å². The molecule has 0 saturated carbocycles. The number of H-pyrrole nitrogens is 2. The summed E-state index contributed by atoms with van der Waals surface area (Å²) in [5.41, 5.74) is 1.49. The van der Waals surface area contributed by atoms with Crippen LogP contribution in [0.5, 0.6) is 0 Å². The van der Waals surface area contributed by atoms with E-state index in [4.69, 9.17) is 0 Å². The summed E-state index contributed by atoms with van der Waals surface area (Å²) in [6.07, 6.45) is 22.3. The SMILES string of the molecule is CCCCCCCCCCCCCCN[C@@H](Cc1cnc[nH]1)C(=O)N[C@@H](Cc1cnc[nH]1)C(=O)O. The van der Waals surface area contributed by atoms with Gasteiger partial charge in [-0.25, -0.2) is 14.8 Å². The minimum Gasteiger partial charge on any atom is -0.480 e. The van der Waals surface area contributed by atoms with Gasteiger partial charge in [0.15, 0.2) is 0 Å². The highest BCUT2D eigenvalue weighted by molar-refractivity contribution is 5.87. The molecule has 0 aromatic carbocycles. The molecule has 9 heteroatoms. The van der Waals surface area contributed by atoms with Crippen LogP contribution in [0.15, 0.2) is 25.0 Å². The minimum absolute atomic E-state index is 0.149. The third kappa shape index (κ3) is 12.5. The van der Waals surface area contributed by atoms with Crippen LogP contribution in [-0.2, 0) is 22.4 Å². The summed E-state index contributed by atoms with van der Waals surface area (Å²) in [7, 11) is 0. The van der Waals surface area contributed by atoms with Crippen LogP contribution in [0.2, 0.25) is 0 Å². The fourth-order valence-corrected chi connectivity index (χ4v) is 4.20. The molecule has 5 N–H and O–H groups in total. The number of carbonyl (C=O) groups excluding carboxylic acids is 1. The van der Waals surface area contributed by atoms with Crippen LogP contribution in [0.3, 0.4) is 0 Å². The molecule has 196 valence electrons. The first-order valence-corrected chi connectivity index (χ1v) is 13.3. The van der Waals surface area contributed by atoms with Crippen LogP contribution in [-0.4, -0.2) is 55.5 Å². The number of carboxylic acid groups (broad SMARTS) is 1. The lowest BCUT2D eigenvalue weighted by Gasteiger charge is -2.21. The zero-order valence-corrected chi connectivity index (χ0v) is 21.2. The number of amides is 1. The van der Waals surface area contributed by atoms with Crippen LogP contribution in [0, 0.1) is 0 Å². The lowest BCUT2D eigenvalue weighted by molar-refractivity contribution is -0.142. The molecule has 2 atom stereocenters. The summed E-state index contributed by atoms with van der Waals surface area (Å²) in [4.78, 5) is 38.5. The van der Waals surface area contributed by atoms with E-state index >= 15 is 0 Å². The smallest absolute Gasteiger partial charge is 0.326 e. The number of rotatable bonds is 21. The average molecular weight is 489 g/mol. The molecule has 1 amide bonds. The van der Waals surface area contributed by atoms with E-state index in [2.05, 4.69) is 37.5 Å². The van der Waals surface area contributed by atoms with Crippen LogP contribution >= 0.6 is 0 Å². The largest absolute Gasteiger partial charge is 0.480 e. The first-order chi connectivity index (χ1) is 17.1. The number of carboxylic acids is 1. The number of carbonyl (C=O) groups is 2. The van der Waals surface area contributed by atoms with Crippen LogP contribution < -0.4 is 10.6 Å². The molecule has 0 aliphatic rings. The normalized spacial score (nSPS) is 12.9. The van der Waals surface area contributed by atoms with Gasteiger partial charge in [-0.1, -0.05) is 77.6 Å². The summed E-state index contributed by atoms with van der Waals surface area (Å²) < 4.78 is 0. The Morgan fingerprint density at radius 2 is 1.29 bits per heavy atom. The first-order valence-electron chi connectivity index (χ1n) is 13.3. The second kappa shape index (κ2) is 17.7. The Hall–Kier alpha value is -2.68. The van der Waals surface area contributed by atoms with Gasteiger partial charge in [-0.2, -0.15) is 0 Å². The van der Waals surface area contributed by atoms with Gasteiger partial charge in [-0.05, 0) is 13.0 Å². The summed E-state index contributed by atoms with van der Waals surface area (Å²) in [6.45, 7) is 2.96. The number of aromatic nitrogens is 4. The predicted molar refractivity (Wildman–Crippen MR) is 137 cm³/mol. The van der Waals surface area contributed by atoms with Crippen molar-refractivity contribution in [2.45, 2.75) is 109 Å². The number of nitrogens with zero attached hydrogens (tertiary/aromatic N) is 2. The Morgan fingerprint density at radius 3 is 1.74 bits per heavy atom. The lowest BCUT2D eigenvalue weighted by atomic mass is 10.0. The molecule has 0 saturated heterocycles. The number of hydrogen-bond donors (Lipinski definition) is 5. The fraction of sp³-hybridized carbons (Fsp3) is 0.692. The van der Waals surface area contributed by atoms with Crippen molar-refractivity contribution in [2.24, 2.45) is 0 Å². The molecule has 2 heterocycles. The van der Waals surface area contributed by atoms with E-state index in [1.807, 2.05) is 0 Å². The number of hydrogen-bond acceptors (Lipinski definition) is 5. The molecule has 0 aliphatic heterocycles. The van der Waals surface area contributed by atoms with Crippen LogP contribution in [0.4, 0.5) is 0 Å². The molecule has 0 bridgehead atoms. The molecule has 0 aliphatic carbocycles. The Balaban J connectivity index is 1.68. The lowest BCUT2D eigenvalue weighted by Crippen LogP contribution is -2.52. The van der Waals surface area contributed by atoms with E-state index in [1.54, 1.807) is 18.7 Å². The Morgan fingerprint density at radius 1 is 0.800 bits per heavy atom. The summed E-state index contributed by atoms with van der Waals surface area (Å²) in [5.74, 6) is -1.40. The highest BCUT2D eigenvalue weighted by atomic mass is 16.4. The van der Waals surface area contributed by atoms with Crippen molar-refractivity contribution in [3.8, 4) is 0 Å². The highest BCUT2D eigenvalue weighted by Crippen LogP contribution is 2.12. The summed E-state index contributed by atoms with van der Waals surface area (Å²) in [6, 6.07) is -1.56. The van der Waals surface area contributed by atoms with Gasteiger partial charge in [0.25, 0.3) is 0 Å². The van der Waals surface area contributed by atoms with Crippen molar-refractivity contribution in [1.82, 2.24) is 30.6 Å². The van der Waals surface area contributed by atoms with Crippen molar-refractivity contribution in [3.05, 3.63) is 36.4 Å². The number of aromatic amines is 2. The average Bonchev–Trinajstić information content (AvgIpc) is 3.55. The van der Waals surface area contributed by atoms with Gasteiger partial charge in [0.2, 0.25) is 5.91 Å². The van der Waals surface area contributed by atoms with Crippen molar-refractivity contribution in [3.63, 3.8) is 0 Å². The topological polar surface area (TPSA) is 136 Å². The van der Waals surface area contributed by atoms with E-state index in [9.17, 15) is 14.7 Å². The third-order valence-electron chi connectivity index (χ3n) is 6.31. The second-order valence-electron chi connectivity index (χ2n) is 9.36. The number of unbranched alkanes of at least 4 members (excludes halogenated alkanes) is 11. The van der Waals surface area contributed by atoms with E-state index in [1.165, 1.54) is 70.5 Å². The van der Waals surface area contributed by atoms with Gasteiger partial charge in [0.05, 0.1) is 18.7 Å². The number of aliphatic carboxylic acids is 1. The predicted octanol–water partition coefficient (Wildman–Crippen LogP) is 4.15. The summed E-state index contributed by atoms with van der Waals surface area (Å²) in [5, 5.41) is 15.6. The van der Waals surface area contributed by atoms with Gasteiger partial charge in [0.1, 0.15) is 6.04 Å². The first kappa shape index (κ1) is 28.6. The van der Waals surface area contributed by atoms with Gasteiger partial charge < -0.3 is 25.7 Å². The maximum atomic E-state index is 13.0. The van der Waals surface area contributed by atoms with Crippen molar-refractivity contribution < 1.29 is 14.7 Å². The third-order valence-corrected chi connectivity index (χ3v) is 6.31. The molecule has 2 aromatic rings. The van der Waals surface area contributed by atoms with E-state index in [0.717, 1.165) is 18.5 Å². The van der Waals surface area contributed by atoms with Crippen LogP contribution in [0.1, 0.15) is 95.4 Å². The summed E-state index contributed by atoms with van der Waals surface area (Å²) >= 11 is 0. The van der Waals surface area contributed by atoms with Crippen LogP contribution in [0.25, 0.3) is 0 Å². The Kier molecular flexibility index (Phi) is 14.5. The zero-order valence-electron chi connectivity index (χ0n) is 21.2. The monoisotopic (exact) mass is 488 g/mol. The zero-order chi connectivity index (χ0) is 25.1. The minimum atomic E-state index is -1.07. The van der Waals surface area contributed by atoms with Crippen molar-refractivity contribution >= 4 is 11.9 Å². The molecular formula is C26H44N6O3. The maximum absolute atomic E-state index is 13.0. The molecule has 0 radical (unpaired) electrons. The highest BCUT2D eigenvalue weighted by Gasteiger charge is 2.26. The molecular weight excluding hydrogens is 444 g/mol. The Bertz CT molecular complexity index is 794. The molecule has 0 fully saturated rings. The van der Waals surface area contributed by atoms with E-state index in [0.29, 0.717) is 18.7 Å². The molecule has 0 spiro atoms. The standard InChI is InChI=1S/C26H44N6O3/c1-2-3-4-5-6-7-8-9-10-11-12-13-14-29-23(15-21-17-27-19-30-21)25(33)32-24(26(34)35)16-22-18-28-20-31-22/h17-20,23-24,29H,2-16H2,1H3,(H,27,30)(H,28,31)(H,32,33)(H,34,35)/t23-,24-/m0/s1. The molecule has 35 heavy (non-hydrogen) atoms. The number of nitrogens with one attached hydrogen (secondary N) is 4. The van der Waals surface area contributed by atoms with Gasteiger partial charge in [0, 0.05) is 36.6 Å². The molecule has 9 nitrogen and oxygen atoms in total. The van der Waals surface area contributed by atoms with E-state index in [-0.39, 0.29) is 12.3 Å². The molecule has 0 unspecified atom stereocenters. The van der Waals surface area contributed by atoms with Gasteiger partial charge in [-0.3, -0.25) is 4.79 Å². The fourth-order valence-electron chi connectivity index (χ4n) is 4.20. The van der Waals surface area contributed by atoms with Gasteiger partial charge in [-0.15, -0.1) is 0 Å². The number of imidazole rings is 2. The van der Waals surface area contributed by atoms with Crippen molar-refractivity contribution in [2.75, 3.05) is 6.54 Å². The molecule has 2 rings (SSSR count). The second-order valence-corrected chi connectivity index (χ2v) is 9.36. The van der Waals surface area contributed by atoms with E-state index < -0.39 is 18.1 Å². The Labute approximate surface area is 209 Å².